The molecule has 0 saturated heterocycles. The molecule has 0 aliphatic carbocycles. The maximum absolute atomic E-state index is 10.8. The lowest BCUT2D eigenvalue weighted by Crippen LogP contribution is -2.59. The number of hydrogen-bond donors (Lipinski definition) is 2. The summed E-state index contributed by atoms with van der Waals surface area (Å²) >= 11 is 0. The van der Waals surface area contributed by atoms with Crippen LogP contribution in [-0.4, -0.2) is 42.3 Å². The van der Waals surface area contributed by atoms with Crippen LogP contribution < -0.4 is 5.32 Å². The van der Waals surface area contributed by atoms with Crippen LogP contribution in [0.2, 0.25) is 0 Å². The van der Waals surface area contributed by atoms with Gasteiger partial charge in [0.25, 0.3) is 0 Å². The fourth-order valence-electron chi connectivity index (χ4n) is 0.696. The van der Waals surface area contributed by atoms with Gasteiger partial charge < -0.3 is 5.11 Å². The van der Waals surface area contributed by atoms with Gasteiger partial charge in [-0.25, -0.2) is 4.79 Å². The molecule has 0 amide bonds. The third kappa shape index (κ3) is 2.32. The summed E-state index contributed by atoms with van der Waals surface area (Å²) in [4.78, 5) is 12.4. The van der Waals surface area contributed by atoms with Gasteiger partial charge in [0.05, 0.1) is 0 Å². The first-order valence-electron chi connectivity index (χ1n) is 3.72. The van der Waals surface area contributed by atoms with E-state index >= 15 is 0 Å². The molecule has 0 rings (SSSR count). The zero-order valence-corrected chi connectivity index (χ0v) is 7.79. The minimum Gasteiger partial charge on any atom is -0.479 e. The molecule has 0 aliphatic heterocycles. The molecule has 0 aliphatic rings. The summed E-state index contributed by atoms with van der Waals surface area (Å²) in [5.74, 6) is -0.894. The van der Waals surface area contributed by atoms with Gasteiger partial charge in [-0.2, -0.15) is 0 Å². The van der Waals surface area contributed by atoms with Crippen LogP contribution in [0.4, 0.5) is 0 Å². The van der Waals surface area contributed by atoms with Crippen molar-refractivity contribution in [3.05, 3.63) is 12.7 Å². The first-order chi connectivity index (χ1) is 5.45. The van der Waals surface area contributed by atoms with Gasteiger partial charge in [-0.1, -0.05) is 6.08 Å². The molecule has 1 unspecified atom stereocenters. The lowest BCUT2D eigenvalue weighted by atomic mass is 10.2. The highest BCUT2D eigenvalue weighted by Crippen LogP contribution is 2.06. The van der Waals surface area contributed by atoms with E-state index in [-0.39, 0.29) is 0 Å². The number of aliphatic carboxylic acids is 1. The maximum Gasteiger partial charge on any atom is 0.338 e. The van der Waals surface area contributed by atoms with Crippen molar-refractivity contribution in [2.24, 2.45) is 0 Å². The first kappa shape index (κ1) is 11.1. The molecule has 0 aromatic rings. The summed E-state index contributed by atoms with van der Waals surface area (Å²) in [7, 11) is 3.43. The van der Waals surface area contributed by atoms with Gasteiger partial charge in [0.1, 0.15) is 0 Å². The first-order valence-corrected chi connectivity index (χ1v) is 3.72. The number of likely N-dealkylation sites (N-methyl/N-ethyl adjacent to an activating group) is 1. The number of nitrogens with zero attached hydrogens (tertiary/aromatic N) is 1. The highest BCUT2D eigenvalue weighted by Gasteiger charge is 2.34. The second-order valence-electron chi connectivity index (χ2n) is 2.94. The number of carboxylic acid groups (broad SMARTS) is 1. The van der Waals surface area contributed by atoms with Crippen LogP contribution in [0.3, 0.4) is 0 Å². The van der Waals surface area contributed by atoms with Crippen molar-refractivity contribution < 1.29 is 9.90 Å². The van der Waals surface area contributed by atoms with Gasteiger partial charge in [-0.3, -0.25) is 10.2 Å². The minimum atomic E-state index is -1.02. The Morgan fingerprint density at radius 3 is 2.50 bits per heavy atom. The highest BCUT2D eigenvalue weighted by atomic mass is 16.4. The van der Waals surface area contributed by atoms with Crippen molar-refractivity contribution in [3.8, 4) is 0 Å². The molecule has 0 heterocycles. The van der Waals surface area contributed by atoms with Crippen LogP contribution >= 0.6 is 0 Å². The van der Waals surface area contributed by atoms with Crippen molar-refractivity contribution in [3.63, 3.8) is 0 Å². The van der Waals surface area contributed by atoms with E-state index in [1.807, 2.05) is 0 Å². The molecule has 0 aromatic heterocycles. The Morgan fingerprint density at radius 2 is 2.25 bits per heavy atom. The third-order valence-electron chi connectivity index (χ3n) is 1.90. The fraction of sp³-hybridized carbons (Fsp3) is 0.625. The topological polar surface area (TPSA) is 52.6 Å². The normalized spacial score (nSPS) is 15.7. The molecule has 0 aromatic carbocycles. The Morgan fingerprint density at radius 1 is 1.75 bits per heavy atom. The monoisotopic (exact) mass is 172 g/mol. The van der Waals surface area contributed by atoms with E-state index in [4.69, 9.17) is 5.11 Å². The second-order valence-corrected chi connectivity index (χ2v) is 2.94. The highest BCUT2D eigenvalue weighted by molar-refractivity contribution is 5.77. The molecule has 0 radical (unpaired) electrons. The molecular weight excluding hydrogens is 156 g/mol. The number of carbonyl (C=O) groups is 1. The van der Waals surface area contributed by atoms with E-state index in [9.17, 15) is 4.79 Å². The largest absolute Gasteiger partial charge is 0.479 e. The molecule has 4 nitrogen and oxygen atoms in total. The summed E-state index contributed by atoms with van der Waals surface area (Å²) in [6.45, 7) is 5.59. The van der Waals surface area contributed by atoms with Crippen molar-refractivity contribution in [1.82, 2.24) is 10.2 Å². The number of rotatable bonds is 5. The number of nitrogens with one attached hydrogen (secondary N) is 1. The number of carboxylic acids is 1. The summed E-state index contributed by atoms with van der Waals surface area (Å²) in [6, 6.07) is 0. The summed E-state index contributed by atoms with van der Waals surface area (Å²) in [5, 5.41) is 11.7. The smallest absolute Gasteiger partial charge is 0.338 e. The van der Waals surface area contributed by atoms with Crippen LogP contribution in [0.1, 0.15) is 6.92 Å². The summed E-state index contributed by atoms with van der Waals surface area (Å²) in [5.41, 5.74) is -1.02. The minimum absolute atomic E-state index is 0.473. The van der Waals surface area contributed by atoms with E-state index in [0.29, 0.717) is 6.54 Å². The molecular formula is C8H16N2O2. The van der Waals surface area contributed by atoms with Gasteiger partial charge in [0.2, 0.25) is 0 Å². The molecule has 0 saturated carbocycles. The Labute approximate surface area is 72.9 Å². The van der Waals surface area contributed by atoms with Crippen molar-refractivity contribution in [2.45, 2.75) is 12.6 Å². The second kappa shape index (κ2) is 4.23. The van der Waals surface area contributed by atoms with Crippen molar-refractivity contribution >= 4 is 5.97 Å². The molecule has 2 N–H and O–H groups in total. The standard InChI is InChI=1S/C8H16N2O2/c1-5-6-9-8(2,7(11)12)10(3)4/h5,9H,1,6H2,2-4H3,(H,11,12). The maximum atomic E-state index is 10.8. The molecule has 1 atom stereocenters. The fourth-order valence-corrected chi connectivity index (χ4v) is 0.696. The van der Waals surface area contributed by atoms with Crippen molar-refractivity contribution in [2.75, 3.05) is 20.6 Å². The molecule has 0 spiro atoms. The van der Waals surface area contributed by atoms with Crippen LogP contribution in [0.5, 0.6) is 0 Å². The van der Waals surface area contributed by atoms with Gasteiger partial charge in [-0.15, -0.1) is 6.58 Å². The molecule has 12 heavy (non-hydrogen) atoms. The SMILES string of the molecule is C=CCNC(C)(C(=O)O)N(C)C. The van der Waals surface area contributed by atoms with E-state index < -0.39 is 11.6 Å². The lowest BCUT2D eigenvalue weighted by molar-refractivity contribution is -0.150. The van der Waals surface area contributed by atoms with E-state index in [1.165, 1.54) is 0 Å². The third-order valence-corrected chi connectivity index (χ3v) is 1.90. The molecule has 4 heteroatoms. The molecule has 0 fully saturated rings. The van der Waals surface area contributed by atoms with Crippen LogP contribution in [0, 0.1) is 0 Å². The zero-order valence-electron chi connectivity index (χ0n) is 7.79. The van der Waals surface area contributed by atoms with Gasteiger partial charge in [-0.05, 0) is 21.0 Å². The van der Waals surface area contributed by atoms with Gasteiger partial charge in [0, 0.05) is 6.54 Å². The summed E-state index contributed by atoms with van der Waals surface area (Å²) < 4.78 is 0. The summed E-state index contributed by atoms with van der Waals surface area (Å²) in [6.07, 6.45) is 1.63. The van der Waals surface area contributed by atoms with Crippen LogP contribution in [0.15, 0.2) is 12.7 Å². The van der Waals surface area contributed by atoms with Crippen LogP contribution in [0.25, 0.3) is 0 Å². The van der Waals surface area contributed by atoms with Gasteiger partial charge >= 0.3 is 5.97 Å². The molecule has 0 bridgehead atoms. The average Bonchev–Trinajstić information content (AvgIpc) is 1.99. The predicted molar refractivity (Wildman–Crippen MR) is 47.9 cm³/mol. The van der Waals surface area contributed by atoms with Gasteiger partial charge in [0.15, 0.2) is 5.66 Å². The Hall–Kier alpha value is -0.870. The Bertz CT molecular complexity index is 180. The lowest BCUT2D eigenvalue weighted by Gasteiger charge is -2.32. The van der Waals surface area contributed by atoms with Crippen LogP contribution in [-0.2, 0) is 4.79 Å². The zero-order chi connectivity index (χ0) is 9.78. The van der Waals surface area contributed by atoms with E-state index in [1.54, 1.807) is 32.0 Å². The van der Waals surface area contributed by atoms with E-state index in [2.05, 4.69) is 11.9 Å². The Kier molecular flexibility index (Phi) is 3.92. The Balaban J connectivity index is 4.39. The molecule has 70 valence electrons. The van der Waals surface area contributed by atoms with E-state index in [0.717, 1.165) is 0 Å². The number of hydrogen-bond acceptors (Lipinski definition) is 3. The quantitative estimate of drug-likeness (QED) is 0.457. The predicted octanol–water partition coefficient (Wildman–Crippen LogP) is 0.124. The average molecular weight is 172 g/mol. The van der Waals surface area contributed by atoms with Crippen molar-refractivity contribution in [1.29, 1.82) is 0 Å².